The van der Waals surface area contributed by atoms with E-state index >= 15 is 0 Å². The van der Waals surface area contributed by atoms with Gasteiger partial charge in [0, 0.05) is 23.7 Å². The molecule has 0 spiro atoms. The molecule has 0 unspecified atom stereocenters. The number of halogens is 1. The second-order valence-corrected chi connectivity index (χ2v) is 3.91. The third kappa shape index (κ3) is 3.43. The average Bonchev–Trinajstić information content (AvgIpc) is 2.46. The molecule has 0 aliphatic rings. The van der Waals surface area contributed by atoms with E-state index in [0.29, 0.717) is 5.56 Å². The Bertz CT molecular complexity index is 633. The maximum absolute atomic E-state index is 12.7. The second kappa shape index (κ2) is 5.83. The number of nitrogens with one attached hydrogen (secondary N) is 1. The van der Waals surface area contributed by atoms with E-state index in [-0.39, 0.29) is 11.7 Å². The second-order valence-electron chi connectivity index (χ2n) is 3.91. The molecule has 0 heterocycles. The van der Waals surface area contributed by atoms with E-state index < -0.39 is 0 Å². The van der Waals surface area contributed by atoms with Gasteiger partial charge in [-0.2, -0.15) is 0 Å². The topological polar surface area (TPSA) is 29.1 Å². The van der Waals surface area contributed by atoms with E-state index in [2.05, 4.69) is 17.2 Å². The lowest BCUT2D eigenvalue weighted by molar-refractivity contribution is 0.0963. The van der Waals surface area contributed by atoms with Gasteiger partial charge in [0.1, 0.15) is 5.82 Å². The zero-order valence-corrected chi connectivity index (χ0v) is 10.4. The van der Waals surface area contributed by atoms with Crippen LogP contribution < -0.4 is 5.32 Å². The van der Waals surface area contributed by atoms with Crippen molar-refractivity contribution in [2.75, 3.05) is 7.05 Å². The van der Waals surface area contributed by atoms with E-state index in [1.807, 2.05) is 0 Å². The molecule has 2 rings (SSSR count). The SMILES string of the molecule is CNC(=O)c1ccc(C#Cc2ccc(F)cc2)cc1. The number of hydrogen-bond donors (Lipinski definition) is 1. The maximum Gasteiger partial charge on any atom is 0.251 e. The van der Waals surface area contributed by atoms with Crippen molar-refractivity contribution in [3.63, 3.8) is 0 Å². The van der Waals surface area contributed by atoms with Gasteiger partial charge in [-0.1, -0.05) is 11.8 Å². The van der Waals surface area contributed by atoms with Gasteiger partial charge in [-0.3, -0.25) is 4.79 Å². The Hall–Kier alpha value is -2.60. The quantitative estimate of drug-likeness (QED) is 0.778. The summed E-state index contributed by atoms with van der Waals surface area (Å²) in [6.45, 7) is 0. The summed E-state index contributed by atoms with van der Waals surface area (Å²) in [5.74, 6) is 5.49. The first-order chi connectivity index (χ1) is 9.19. The standard InChI is InChI=1S/C16H12FNO/c1-18-16(19)14-8-4-12(5-9-14)2-3-13-6-10-15(17)11-7-13/h4-11H,1H3,(H,18,19). The minimum atomic E-state index is -0.277. The molecule has 2 aromatic carbocycles. The number of rotatable bonds is 1. The Labute approximate surface area is 111 Å². The highest BCUT2D eigenvalue weighted by molar-refractivity contribution is 5.94. The van der Waals surface area contributed by atoms with Gasteiger partial charge in [0.15, 0.2) is 0 Å². The van der Waals surface area contributed by atoms with Crippen LogP contribution in [0.5, 0.6) is 0 Å². The normalized spacial score (nSPS) is 9.37. The van der Waals surface area contributed by atoms with E-state index in [9.17, 15) is 9.18 Å². The predicted molar refractivity (Wildman–Crippen MR) is 72.2 cm³/mol. The van der Waals surface area contributed by atoms with E-state index in [0.717, 1.165) is 11.1 Å². The Morgan fingerprint density at radius 2 is 1.42 bits per heavy atom. The summed E-state index contributed by atoms with van der Waals surface area (Å²) in [6.07, 6.45) is 0. The highest BCUT2D eigenvalue weighted by Crippen LogP contribution is 2.04. The molecular weight excluding hydrogens is 241 g/mol. The summed E-state index contributed by atoms with van der Waals surface area (Å²) >= 11 is 0. The van der Waals surface area contributed by atoms with Gasteiger partial charge in [-0.05, 0) is 48.5 Å². The van der Waals surface area contributed by atoms with E-state index in [1.54, 1.807) is 43.4 Å². The van der Waals surface area contributed by atoms with Crippen molar-refractivity contribution in [3.05, 3.63) is 71.0 Å². The number of benzene rings is 2. The molecule has 0 saturated heterocycles. The third-order valence-corrected chi connectivity index (χ3v) is 2.57. The van der Waals surface area contributed by atoms with Crippen molar-refractivity contribution in [1.29, 1.82) is 0 Å². The summed E-state index contributed by atoms with van der Waals surface area (Å²) in [6, 6.07) is 13.0. The predicted octanol–water partition coefficient (Wildman–Crippen LogP) is 2.59. The summed E-state index contributed by atoms with van der Waals surface area (Å²) in [5.41, 5.74) is 2.14. The zero-order chi connectivity index (χ0) is 13.7. The highest BCUT2D eigenvalue weighted by atomic mass is 19.1. The molecule has 0 aromatic heterocycles. The number of hydrogen-bond acceptors (Lipinski definition) is 1. The van der Waals surface area contributed by atoms with Gasteiger partial charge in [0.25, 0.3) is 5.91 Å². The van der Waals surface area contributed by atoms with Gasteiger partial charge in [0.2, 0.25) is 0 Å². The first-order valence-corrected chi connectivity index (χ1v) is 5.79. The Morgan fingerprint density at radius 3 is 1.89 bits per heavy atom. The molecule has 1 N–H and O–H groups in total. The largest absolute Gasteiger partial charge is 0.355 e. The molecule has 0 aliphatic heterocycles. The summed E-state index contributed by atoms with van der Waals surface area (Å²) in [7, 11) is 1.59. The molecular formula is C16H12FNO. The summed E-state index contributed by atoms with van der Waals surface area (Å²) < 4.78 is 12.7. The fourth-order valence-electron chi connectivity index (χ4n) is 1.53. The van der Waals surface area contributed by atoms with E-state index in [1.165, 1.54) is 12.1 Å². The molecule has 0 aliphatic carbocycles. The van der Waals surface area contributed by atoms with Crippen molar-refractivity contribution in [2.45, 2.75) is 0 Å². The van der Waals surface area contributed by atoms with Gasteiger partial charge < -0.3 is 5.32 Å². The Morgan fingerprint density at radius 1 is 0.947 bits per heavy atom. The fourth-order valence-corrected chi connectivity index (χ4v) is 1.53. The molecule has 3 heteroatoms. The Balaban J connectivity index is 2.16. The maximum atomic E-state index is 12.7. The minimum absolute atomic E-state index is 0.127. The molecule has 0 radical (unpaired) electrons. The molecule has 1 amide bonds. The lowest BCUT2D eigenvalue weighted by Gasteiger charge is -1.98. The molecule has 0 atom stereocenters. The van der Waals surface area contributed by atoms with E-state index in [4.69, 9.17) is 0 Å². The lowest BCUT2D eigenvalue weighted by atomic mass is 10.1. The van der Waals surface area contributed by atoms with Crippen molar-refractivity contribution in [2.24, 2.45) is 0 Å². The Kier molecular flexibility index (Phi) is 3.94. The molecule has 0 saturated carbocycles. The van der Waals surface area contributed by atoms with Crippen LogP contribution >= 0.6 is 0 Å². The first kappa shape index (κ1) is 12.8. The van der Waals surface area contributed by atoms with Gasteiger partial charge >= 0.3 is 0 Å². The van der Waals surface area contributed by atoms with Crippen LogP contribution in [0.4, 0.5) is 4.39 Å². The van der Waals surface area contributed by atoms with Crippen LogP contribution in [0.2, 0.25) is 0 Å². The monoisotopic (exact) mass is 253 g/mol. The average molecular weight is 253 g/mol. The van der Waals surface area contributed by atoms with Crippen molar-refractivity contribution < 1.29 is 9.18 Å². The molecule has 19 heavy (non-hydrogen) atoms. The molecule has 0 bridgehead atoms. The van der Waals surface area contributed by atoms with Crippen LogP contribution in [0.1, 0.15) is 21.5 Å². The number of amides is 1. The van der Waals surface area contributed by atoms with Crippen LogP contribution in [0.3, 0.4) is 0 Å². The van der Waals surface area contributed by atoms with Crippen LogP contribution in [-0.2, 0) is 0 Å². The number of carbonyl (C=O) groups is 1. The molecule has 94 valence electrons. The minimum Gasteiger partial charge on any atom is -0.355 e. The van der Waals surface area contributed by atoms with Crippen molar-refractivity contribution >= 4 is 5.91 Å². The van der Waals surface area contributed by atoms with Gasteiger partial charge in [-0.15, -0.1) is 0 Å². The first-order valence-electron chi connectivity index (χ1n) is 5.79. The van der Waals surface area contributed by atoms with Crippen LogP contribution in [0, 0.1) is 17.7 Å². The van der Waals surface area contributed by atoms with Crippen LogP contribution in [0.25, 0.3) is 0 Å². The van der Waals surface area contributed by atoms with Crippen LogP contribution in [-0.4, -0.2) is 13.0 Å². The summed E-state index contributed by atoms with van der Waals surface area (Å²) in [5, 5.41) is 2.55. The summed E-state index contributed by atoms with van der Waals surface area (Å²) in [4.78, 5) is 11.4. The lowest BCUT2D eigenvalue weighted by Crippen LogP contribution is -2.17. The van der Waals surface area contributed by atoms with Crippen molar-refractivity contribution in [3.8, 4) is 11.8 Å². The van der Waals surface area contributed by atoms with Gasteiger partial charge in [-0.25, -0.2) is 4.39 Å². The van der Waals surface area contributed by atoms with Crippen molar-refractivity contribution in [1.82, 2.24) is 5.32 Å². The molecule has 0 fully saturated rings. The highest BCUT2D eigenvalue weighted by Gasteiger charge is 2.00. The molecule has 2 aromatic rings. The van der Waals surface area contributed by atoms with Crippen LogP contribution in [0.15, 0.2) is 48.5 Å². The zero-order valence-electron chi connectivity index (χ0n) is 10.4. The van der Waals surface area contributed by atoms with Gasteiger partial charge in [0.05, 0.1) is 0 Å². The fraction of sp³-hybridized carbons (Fsp3) is 0.0625. The third-order valence-electron chi connectivity index (χ3n) is 2.57. The smallest absolute Gasteiger partial charge is 0.251 e. The number of carbonyl (C=O) groups excluding carboxylic acids is 1. The molecule has 2 nitrogen and oxygen atoms in total.